The van der Waals surface area contributed by atoms with Gasteiger partial charge in [-0.15, -0.1) is 0 Å². The molecule has 1 atom stereocenters. The molecule has 1 fully saturated rings. The molecule has 0 amide bonds. The number of halogens is 2. The molecule has 1 N–H and O–H groups in total. The molecule has 2 aromatic carbocycles. The van der Waals surface area contributed by atoms with Crippen LogP contribution in [0.25, 0.3) is 5.69 Å². The Balaban J connectivity index is 1.71. The quantitative estimate of drug-likeness (QED) is 0.674. The molecular formula is C22H21Cl2N3O2. The van der Waals surface area contributed by atoms with Crippen molar-refractivity contribution in [2.45, 2.75) is 31.3 Å². The number of aromatic hydroxyl groups is 1. The Labute approximate surface area is 178 Å². The lowest BCUT2D eigenvalue weighted by molar-refractivity contribution is 0.230. The molecule has 150 valence electrons. The maximum atomic E-state index is 12.7. The molecule has 5 nitrogen and oxygen atoms in total. The Morgan fingerprint density at radius 2 is 1.86 bits per heavy atom. The lowest BCUT2D eigenvalue weighted by atomic mass is 9.83. The number of rotatable bonds is 3. The Morgan fingerprint density at radius 1 is 1.10 bits per heavy atom. The van der Waals surface area contributed by atoms with Gasteiger partial charge < -0.3 is 5.11 Å². The Hall–Kier alpha value is -2.21. The van der Waals surface area contributed by atoms with Crippen LogP contribution < -0.4 is 5.69 Å². The van der Waals surface area contributed by atoms with E-state index in [9.17, 15) is 9.90 Å². The van der Waals surface area contributed by atoms with Crippen molar-refractivity contribution in [1.82, 2.24) is 14.0 Å². The average molecular weight is 430 g/mol. The van der Waals surface area contributed by atoms with Gasteiger partial charge in [-0.1, -0.05) is 41.4 Å². The van der Waals surface area contributed by atoms with E-state index in [1.165, 1.54) is 28.2 Å². The van der Waals surface area contributed by atoms with Gasteiger partial charge in [-0.2, -0.15) is 0 Å². The molecule has 1 unspecified atom stereocenters. The zero-order valence-corrected chi connectivity index (χ0v) is 17.5. The molecule has 1 saturated carbocycles. The molecule has 1 aromatic heterocycles. The lowest BCUT2D eigenvalue weighted by Crippen LogP contribution is -2.36. The van der Waals surface area contributed by atoms with Gasteiger partial charge in [0.05, 0.1) is 11.9 Å². The van der Waals surface area contributed by atoms with E-state index in [-0.39, 0.29) is 17.5 Å². The van der Waals surface area contributed by atoms with Crippen LogP contribution in [0, 0.1) is 0 Å². The van der Waals surface area contributed by atoms with Crippen LogP contribution >= 0.6 is 23.2 Å². The highest BCUT2D eigenvalue weighted by Crippen LogP contribution is 2.43. The van der Waals surface area contributed by atoms with Crippen LogP contribution in [-0.4, -0.2) is 31.7 Å². The Morgan fingerprint density at radius 3 is 2.55 bits per heavy atom. The minimum atomic E-state index is -0.283. The third kappa shape index (κ3) is 3.18. The van der Waals surface area contributed by atoms with Crippen molar-refractivity contribution in [2.24, 2.45) is 7.05 Å². The van der Waals surface area contributed by atoms with Crippen LogP contribution in [0.5, 0.6) is 5.88 Å². The summed E-state index contributed by atoms with van der Waals surface area (Å²) >= 11 is 13.0. The number of imidazole rings is 1. The van der Waals surface area contributed by atoms with E-state index < -0.39 is 0 Å². The fourth-order valence-electron chi connectivity index (χ4n) is 4.44. The molecule has 3 aromatic rings. The summed E-state index contributed by atoms with van der Waals surface area (Å²) in [6.07, 6.45) is 3.83. The number of aromatic nitrogens is 2. The van der Waals surface area contributed by atoms with Crippen molar-refractivity contribution in [3.8, 4) is 11.6 Å². The molecule has 2 heterocycles. The van der Waals surface area contributed by atoms with Crippen molar-refractivity contribution >= 4 is 23.2 Å². The van der Waals surface area contributed by atoms with E-state index in [1.54, 1.807) is 13.1 Å². The first kappa shape index (κ1) is 18.8. The van der Waals surface area contributed by atoms with Crippen LogP contribution in [0.1, 0.15) is 35.4 Å². The molecule has 29 heavy (non-hydrogen) atoms. The number of nitrogens with zero attached hydrogens (tertiary/aromatic N) is 3. The van der Waals surface area contributed by atoms with E-state index >= 15 is 0 Å². The third-order valence-electron chi connectivity index (χ3n) is 6.00. The van der Waals surface area contributed by atoms with Gasteiger partial charge in [0.25, 0.3) is 0 Å². The van der Waals surface area contributed by atoms with Crippen LogP contribution in [0.4, 0.5) is 0 Å². The van der Waals surface area contributed by atoms with Gasteiger partial charge in [0.15, 0.2) is 0 Å². The van der Waals surface area contributed by atoms with Gasteiger partial charge in [-0.25, -0.2) is 9.36 Å². The molecule has 1 aliphatic carbocycles. The summed E-state index contributed by atoms with van der Waals surface area (Å²) < 4.78 is 2.74. The molecule has 5 rings (SSSR count). The highest BCUT2D eigenvalue weighted by molar-refractivity contribution is 6.35. The lowest BCUT2D eigenvalue weighted by Gasteiger charge is -2.36. The van der Waals surface area contributed by atoms with E-state index in [4.69, 9.17) is 23.2 Å². The second-order valence-electron chi connectivity index (χ2n) is 7.94. The zero-order valence-electron chi connectivity index (χ0n) is 16.0. The number of fused-ring (bicyclic) bond motifs is 1. The first-order valence-corrected chi connectivity index (χ1v) is 10.5. The molecule has 1 aliphatic heterocycles. The standard InChI is InChI=1S/C22H21Cl2N3O2/c1-25-12-21(28)27(22(25)29)20-5-3-2-4-15(20)17-10-26(14-6-7-14)11-18-16(17)8-13(23)9-19(18)24/h2-5,8-9,12,14,17,28H,6-7,10-11H2,1H3. The summed E-state index contributed by atoms with van der Waals surface area (Å²) in [7, 11) is 1.63. The fraction of sp³-hybridized carbons (Fsp3) is 0.318. The van der Waals surface area contributed by atoms with E-state index in [1.807, 2.05) is 30.3 Å². The van der Waals surface area contributed by atoms with Crippen molar-refractivity contribution in [3.05, 3.63) is 79.8 Å². The van der Waals surface area contributed by atoms with Crippen LogP contribution in [-0.2, 0) is 13.6 Å². The molecule has 2 aliphatic rings. The SMILES string of the molecule is Cn1cc(O)n(-c2ccccc2C2CN(C3CC3)Cc3c(Cl)cc(Cl)cc32)c1=O. The summed E-state index contributed by atoms with van der Waals surface area (Å²) in [4.78, 5) is 15.1. The monoisotopic (exact) mass is 429 g/mol. The minimum absolute atomic E-state index is 0.00161. The summed E-state index contributed by atoms with van der Waals surface area (Å²) in [5.74, 6) is -0.0811. The second-order valence-corrected chi connectivity index (χ2v) is 8.79. The number of hydrogen-bond donors (Lipinski definition) is 1. The van der Waals surface area contributed by atoms with Gasteiger partial charge in [0.2, 0.25) is 5.88 Å². The van der Waals surface area contributed by atoms with Crippen LogP contribution in [0.2, 0.25) is 10.0 Å². The average Bonchev–Trinajstić information content (AvgIpc) is 3.49. The van der Waals surface area contributed by atoms with Crippen LogP contribution in [0.3, 0.4) is 0 Å². The third-order valence-corrected chi connectivity index (χ3v) is 6.55. The molecular weight excluding hydrogens is 409 g/mol. The number of aryl methyl sites for hydroxylation is 1. The van der Waals surface area contributed by atoms with Gasteiger partial charge >= 0.3 is 5.69 Å². The smallest absolute Gasteiger partial charge is 0.335 e. The largest absolute Gasteiger partial charge is 0.493 e. The van der Waals surface area contributed by atoms with Gasteiger partial charge in [-0.3, -0.25) is 9.47 Å². The van der Waals surface area contributed by atoms with E-state index in [0.29, 0.717) is 21.8 Å². The van der Waals surface area contributed by atoms with Crippen molar-refractivity contribution in [1.29, 1.82) is 0 Å². The van der Waals surface area contributed by atoms with Crippen molar-refractivity contribution in [2.75, 3.05) is 6.54 Å². The topological polar surface area (TPSA) is 50.4 Å². The molecule has 0 spiro atoms. The number of benzene rings is 2. The zero-order chi connectivity index (χ0) is 20.3. The van der Waals surface area contributed by atoms with Crippen molar-refractivity contribution in [3.63, 3.8) is 0 Å². The van der Waals surface area contributed by atoms with Gasteiger partial charge in [0.1, 0.15) is 0 Å². The van der Waals surface area contributed by atoms with Crippen molar-refractivity contribution < 1.29 is 5.11 Å². The predicted molar refractivity (Wildman–Crippen MR) is 114 cm³/mol. The first-order chi connectivity index (χ1) is 13.9. The Bertz CT molecular complexity index is 1160. The predicted octanol–water partition coefficient (Wildman–Crippen LogP) is 4.30. The van der Waals surface area contributed by atoms with Crippen LogP contribution in [0.15, 0.2) is 47.4 Å². The van der Waals surface area contributed by atoms with Gasteiger partial charge in [0, 0.05) is 42.1 Å². The molecule has 0 radical (unpaired) electrons. The summed E-state index contributed by atoms with van der Waals surface area (Å²) in [5, 5.41) is 11.7. The normalized spacial score (nSPS) is 19.3. The highest BCUT2D eigenvalue weighted by atomic mass is 35.5. The first-order valence-electron chi connectivity index (χ1n) is 9.72. The second kappa shape index (κ2) is 6.94. The summed E-state index contributed by atoms with van der Waals surface area (Å²) in [6.45, 7) is 1.64. The minimum Gasteiger partial charge on any atom is -0.493 e. The number of hydrogen-bond acceptors (Lipinski definition) is 3. The van der Waals surface area contributed by atoms with E-state index in [2.05, 4.69) is 4.90 Å². The van der Waals surface area contributed by atoms with Gasteiger partial charge in [-0.05, 0) is 47.7 Å². The van der Waals surface area contributed by atoms with E-state index in [0.717, 1.165) is 29.8 Å². The Kier molecular flexibility index (Phi) is 4.50. The maximum Gasteiger partial charge on any atom is 0.335 e. The number of para-hydroxylation sites is 1. The fourth-order valence-corrected chi connectivity index (χ4v) is 5.01. The highest BCUT2D eigenvalue weighted by Gasteiger charge is 2.37. The summed E-state index contributed by atoms with van der Waals surface area (Å²) in [5.41, 5.74) is 3.56. The maximum absolute atomic E-state index is 12.7. The summed E-state index contributed by atoms with van der Waals surface area (Å²) in [6, 6.07) is 12.1. The molecule has 7 heteroatoms. The molecule has 0 saturated heterocycles. The molecule has 0 bridgehead atoms.